The molecule has 1 N–H and O–H groups in total. The molecule has 5 rings (SSSR count). The van der Waals surface area contributed by atoms with Crippen LogP contribution >= 0.6 is 0 Å². The fraction of sp³-hybridized carbons (Fsp3) is 0.375. The van der Waals surface area contributed by atoms with Gasteiger partial charge in [0.25, 0.3) is 0 Å². The quantitative estimate of drug-likeness (QED) is 0.810. The Bertz CT molecular complexity index is 1160. The van der Waals surface area contributed by atoms with E-state index in [4.69, 9.17) is 0 Å². The average molecular weight is 385 g/mol. The first kappa shape index (κ1) is 18.1. The number of hydrogen-bond acceptors (Lipinski definition) is 4. The molecule has 1 aliphatic heterocycles. The van der Waals surface area contributed by atoms with Gasteiger partial charge in [0.1, 0.15) is 5.78 Å². The fourth-order valence-electron chi connectivity index (χ4n) is 5.11. The van der Waals surface area contributed by atoms with Gasteiger partial charge < -0.3 is 4.98 Å². The number of Topliss-reactive ketones (excluding diaryl/α,β-unsaturated/α-hetero) is 2. The van der Waals surface area contributed by atoms with Crippen molar-refractivity contribution < 1.29 is 9.59 Å². The predicted octanol–water partition coefficient (Wildman–Crippen LogP) is 3.80. The molecular weight excluding hydrogens is 362 g/mol. The summed E-state index contributed by atoms with van der Waals surface area (Å²) in [5, 5.41) is 10.1. The Kier molecular flexibility index (Phi) is 3.91. The van der Waals surface area contributed by atoms with E-state index < -0.39 is 0 Å². The smallest absolute Gasteiger partial charge is 0.195 e. The van der Waals surface area contributed by atoms with Crippen molar-refractivity contribution in [1.29, 1.82) is 5.26 Å². The summed E-state index contributed by atoms with van der Waals surface area (Å²) in [7, 11) is 0. The summed E-state index contributed by atoms with van der Waals surface area (Å²) in [6, 6.07) is 7.86. The number of carbonyl (C=O) groups is 2. The highest BCUT2D eigenvalue weighted by Gasteiger charge is 2.43. The van der Waals surface area contributed by atoms with Gasteiger partial charge in [-0.15, -0.1) is 0 Å². The maximum absolute atomic E-state index is 13.4. The van der Waals surface area contributed by atoms with Gasteiger partial charge in [0.2, 0.25) is 0 Å². The van der Waals surface area contributed by atoms with Crippen molar-refractivity contribution in [1.82, 2.24) is 9.88 Å². The van der Waals surface area contributed by atoms with Gasteiger partial charge >= 0.3 is 0 Å². The number of likely N-dealkylation sites (tertiary alicyclic amines) is 1. The van der Waals surface area contributed by atoms with Crippen LogP contribution in [0.4, 0.5) is 0 Å². The molecule has 1 unspecified atom stereocenters. The number of carbonyl (C=O) groups excluding carboxylic acids is 2. The van der Waals surface area contributed by atoms with Crippen LogP contribution < -0.4 is 0 Å². The highest BCUT2D eigenvalue weighted by Crippen LogP contribution is 2.47. The normalized spacial score (nSPS) is 23.8. The number of nitrogens with zero attached hydrogens (tertiary/aromatic N) is 2. The number of rotatable bonds is 1. The first-order chi connectivity index (χ1) is 13.9. The highest BCUT2D eigenvalue weighted by molar-refractivity contribution is 6.20. The molecule has 2 aliphatic carbocycles. The van der Waals surface area contributed by atoms with Gasteiger partial charge in [0.05, 0.1) is 17.2 Å². The van der Waals surface area contributed by atoms with Crippen molar-refractivity contribution in [3.63, 3.8) is 0 Å². The van der Waals surface area contributed by atoms with Crippen LogP contribution in [0.3, 0.4) is 0 Å². The van der Waals surface area contributed by atoms with E-state index in [1.807, 2.05) is 18.2 Å². The monoisotopic (exact) mass is 385 g/mol. The molecule has 3 aliphatic rings. The zero-order valence-corrected chi connectivity index (χ0v) is 16.7. The minimum absolute atomic E-state index is 0.0637. The molecule has 0 saturated carbocycles. The molecule has 0 amide bonds. The Morgan fingerprint density at radius 2 is 1.97 bits per heavy atom. The summed E-state index contributed by atoms with van der Waals surface area (Å²) >= 11 is 0. The van der Waals surface area contributed by atoms with Crippen molar-refractivity contribution in [2.75, 3.05) is 13.1 Å². The van der Waals surface area contributed by atoms with Crippen LogP contribution in [0.1, 0.15) is 54.7 Å². The first-order valence-electron chi connectivity index (χ1n) is 10.2. The molecule has 1 saturated heterocycles. The number of nitriles is 1. The Morgan fingerprint density at radius 3 is 2.69 bits per heavy atom. The number of aromatic nitrogens is 1. The van der Waals surface area contributed by atoms with Crippen molar-refractivity contribution >= 4 is 22.5 Å². The van der Waals surface area contributed by atoms with E-state index in [0.717, 1.165) is 52.8 Å². The van der Waals surface area contributed by atoms with Crippen LogP contribution in [-0.4, -0.2) is 40.6 Å². The average Bonchev–Trinajstić information content (AvgIpc) is 3.12. The number of aromatic amines is 1. The van der Waals surface area contributed by atoms with Crippen molar-refractivity contribution in [3.8, 4) is 6.07 Å². The van der Waals surface area contributed by atoms with Crippen LogP contribution in [0.5, 0.6) is 0 Å². The van der Waals surface area contributed by atoms with E-state index in [2.05, 4.69) is 35.9 Å². The van der Waals surface area contributed by atoms with E-state index in [1.165, 1.54) is 0 Å². The fourth-order valence-corrected chi connectivity index (χ4v) is 5.11. The van der Waals surface area contributed by atoms with Gasteiger partial charge in [-0.05, 0) is 24.1 Å². The van der Waals surface area contributed by atoms with Gasteiger partial charge in [-0.3, -0.25) is 14.5 Å². The lowest BCUT2D eigenvalue weighted by Gasteiger charge is -2.41. The van der Waals surface area contributed by atoms with E-state index in [9.17, 15) is 14.9 Å². The number of H-pyrrole nitrogens is 1. The molecule has 1 aromatic heterocycles. The Balaban J connectivity index is 1.56. The molecule has 5 nitrogen and oxygen atoms in total. The Morgan fingerprint density at radius 1 is 1.21 bits per heavy atom. The van der Waals surface area contributed by atoms with Crippen molar-refractivity contribution in [2.24, 2.45) is 0 Å². The molecule has 2 heterocycles. The minimum Gasteiger partial charge on any atom is -0.357 e. The second kappa shape index (κ2) is 6.27. The van der Waals surface area contributed by atoms with Gasteiger partial charge in [0.15, 0.2) is 5.78 Å². The third kappa shape index (κ3) is 2.63. The van der Waals surface area contributed by atoms with Gasteiger partial charge in [-0.25, -0.2) is 0 Å². The SMILES string of the molecule is CC1(C)C2=C(C=CC(N3CCC(=O)CC3)C2)C(=O)c2c1[nH]c1cc(C#N)ccc21. The Hall–Kier alpha value is -2.97. The number of ketones is 2. The largest absolute Gasteiger partial charge is 0.357 e. The van der Waals surface area contributed by atoms with E-state index in [0.29, 0.717) is 24.2 Å². The molecule has 0 bridgehead atoms. The van der Waals surface area contributed by atoms with Gasteiger partial charge in [-0.2, -0.15) is 5.26 Å². The minimum atomic E-state index is -0.307. The topological polar surface area (TPSA) is 77.0 Å². The number of hydrogen-bond donors (Lipinski definition) is 1. The summed E-state index contributed by atoms with van der Waals surface area (Å²) in [5.74, 6) is 0.405. The van der Waals surface area contributed by atoms with Crippen molar-refractivity contribution in [3.05, 3.63) is 58.3 Å². The lowest BCUT2D eigenvalue weighted by molar-refractivity contribution is -0.121. The highest BCUT2D eigenvalue weighted by atomic mass is 16.1. The van der Waals surface area contributed by atoms with E-state index in [1.54, 1.807) is 6.07 Å². The number of allylic oxidation sites excluding steroid dienone is 2. The summed E-state index contributed by atoms with van der Waals surface area (Å²) in [6.45, 7) is 5.92. The molecule has 1 fully saturated rings. The molecular formula is C24H23N3O2. The van der Waals surface area contributed by atoms with Crippen LogP contribution in [0.25, 0.3) is 10.9 Å². The third-order valence-electron chi connectivity index (χ3n) is 6.83. The molecule has 146 valence electrons. The molecule has 29 heavy (non-hydrogen) atoms. The third-order valence-corrected chi connectivity index (χ3v) is 6.83. The van der Waals surface area contributed by atoms with E-state index in [-0.39, 0.29) is 17.2 Å². The second-order valence-corrected chi connectivity index (χ2v) is 8.80. The maximum Gasteiger partial charge on any atom is 0.195 e. The Labute approximate surface area is 169 Å². The number of nitrogens with one attached hydrogen (secondary N) is 1. The summed E-state index contributed by atoms with van der Waals surface area (Å²) in [5.41, 5.74) is 4.75. The lowest BCUT2D eigenvalue weighted by atomic mass is 9.67. The maximum atomic E-state index is 13.4. The van der Waals surface area contributed by atoms with Crippen LogP contribution in [0, 0.1) is 11.3 Å². The van der Waals surface area contributed by atoms with E-state index >= 15 is 0 Å². The molecule has 1 aromatic carbocycles. The van der Waals surface area contributed by atoms with Gasteiger partial charge in [-0.1, -0.05) is 32.1 Å². The molecule has 2 aromatic rings. The predicted molar refractivity (Wildman–Crippen MR) is 111 cm³/mol. The van der Waals surface area contributed by atoms with Crippen molar-refractivity contribution in [2.45, 2.75) is 44.6 Å². The van der Waals surface area contributed by atoms with Crippen LogP contribution in [0.2, 0.25) is 0 Å². The summed E-state index contributed by atoms with van der Waals surface area (Å²) in [6.07, 6.45) is 6.17. The molecule has 5 heteroatoms. The number of fused-ring (bicyclic) bond motifs is 3. The molecule has 1 atom stereocenters. The van der Waals surface area contributed by atoms with Crippen LogP contribution in [0.15, 0.2) is 41.5 Å². The summed E-state index contributed by atoms with van der Waals surface area (Å²) in [4.78, 5) is 30.9. The van der Waals surface area contributed by atoms with Crippen LogP contribution in [-0.2, 0) is 10.2 Å². The second-order valence-electron chi connectivity index (χ2n) is 8.80. The molecule has 0 spiro atoms. The van der Waals surface area contributed by atoms with Gasteiger partial charge in [0, 0.05) is 59.6 Å². The molecule has 0 radical (unpaired) electrons. The number of piperidine rings is 1. The zero-order chi connectivity index (χ0) is 20.3. The summed E-state index contributed by atoms with van der Waals surface area (Å²) < 4.78 is 0. The zero-order valence-electron chi connectivity index (χ0n) is 16.7. The lowest BCUT2D eigenvalue weighted by Crippen LogP contribution is -2.44. The number of benzene rings is 1. The first-order valence-corrected chi connectivity index (χ1v) is 10.2. The standard InChI is InChI=1S/C24H23N3O2/c1-24(2)19-12-15(27-9-7-16(28)8-10-27)4-6-17(19)22(29)21-18-5-3-14(13-25)11-20(18)26-23(21)24/h3-6,11,15,26H,7-10,12H2,1-2H3.